The van der Waals surface area contributed by atoms with E-state index in [1.54, 1.807) is 31.2 Å². The average molecular weight is 341 g/mol. The second-order valence-corrected chi connectivity index (χ2v) is 5.57. The Morgan fingerprint density at radius 3 is 2.32 bits per heavy atom. The van der Waals surface area contributed by atoms with Crippen molar-refractivity contribution in [3.63, 3.8) is 0 Å². The number of para-hydroxylation sites is 1. The molecule has 0 heterocycles. The highest BCUT2D eigenvalue weighted by Crippen LogP contribution is 2.20. The molecule has 2 aromatic carbocycles. The summed E-state index contributed by atoms with van der Waals surface area (Å²) in [5, 5.41) is 2.81. The molecule has 5 heteroatoms. The molecule has 25 heavy (non-hydrogen) atoms. The molecule has 0 aliphatic carbocycles. The second-order valence-electron chi connectivity index (χ2n) is 5.57. The maximum Gasteiger partial charge on any atom is 0.338 e. The number of anilines is 1. The van der Waals surface area contributed by atoms with E-state index >= 15 is 0 Å². The second kappa shape index (κ2) is 8.87. The van der Waals surface area contributed by atoms with E-state index < -0.39 is 6.10 Å². The van der Waals surface area contributed by atoms with Crippen molar-refractivity contribution in [2.45, 2.75) is 33.3 Å². The van der Waals surface area contributed by atoms with Crippen LogP contribution in [0.3, 0.4) is 0 Å². The van der Waals surface area contributed by atoms with Gasteiger partial charge in [-0.15, -0.1) is 0 Å². The van der Waals surface area contributed by atoms with Gasteiger partial charge in [0, 0.05) is 5.69 Å². The molecule has 1 atom stereocenters. The van der Waals surface area contributed by atoms with Crippen molar-refractivity contribution in [2.75, 3.05) is 11.9 Å². The van der Waals surface area contributed by atoms with Crippen LogP contribution >= 0.6 is 0 Å². The van der Waals surface area contributed by atoms with E-state index in [9.17, 15) is 9.59 Å². The number of hydrogen-bond donors (Lipinski definition) is 1. The molecule has 0 spiro atoms. The summed E-state index contributed by atoms with van der Waals surface area (Å²) in [5.41, 5.74) is 2.03. The van der Waals surface area contributed by atoms with E-state index in [2.05, 4.69) is 5.32 Å². The van der Waals surface area contributed by atoms with Crippen LogP contribution in [0.15, 0.2) is 48.5 Å². The van der Waals surface area contributed by atoms with Crippen LogP contribution in [-0.4, -0.2) is 24.6 Å². The first-order chi connectivity index (χ1) is 12.0. The highest BCUT2D eigenvalue weighted by Gasteiger charge is 2.19. The predicted molar refractivity (Wildman–Crippen MR) is 96.9 cm³/mol. The maximum absolute atomic E-state index is 12.5. The quantitative estimate of drug-likeness (QED) is 0.774. The number of hydrogen-bond acceptors (Lipinski definition) is 4. The molecule has 0 fully saturated rings. The molecule has 2 aromatic rings. The molecule has 5 nitrogen and oxygen atoms in total. The molecule has 0 radical (unpaired) electrons. The van der Waals surface area contributed by atoms with Gasteiger partial charge < -0.3 is 14.8 Å². The van der Waals surface area contributed by atoms with Crippen LogP contribution in [0.25, 0.3) is 0 Å². The van der Waals surface area contributed by atoms with E-state index in [1.807, 2.05) is 38.1 Å². The summed E-state index contributed by atoms with van der Waals surface area (Å²) in [4.78, 5) is 24.1. The van der Waals surface area contributed by atoms with Crippen molar-refractivity contribution in [2.24, 2.45) is 0 Å². The smallest absolute Gasteiger partial charge is 0.338 e. The van der Waals surface area contributed by atoms with Crippen LogP contribution < -0.4 is 10.1 Å². The minimum Gasteiger partial charge on any atom is -0.480 e. The number of amides is 1. The summed E-state index contributed by atoms with van der Waals surface area (Å²) in [6.07, 6.45) is -0.0491. The number of rotatable bonds is 7. The van der Waals surface area contributed by atoms with E-state index in [4.69, 9.17) is 9.47 Å². The number of carbonyl (C=O) groups is 2. The number of aryl methyl sites for hydroxylation is 1. The van der Waals surface area contributed by atoms with E-state index in [0.29, 0.717) is 30.0 Å². The summed E-state index contributed by atoms with van der Waals surface area (Å²) < 4.78 is 10.8. The van der Waals surface area contributed by atoms with Crippen molar-refractivity contribution in [1.29, 1.82) is 0 Å². The molecule has 1 amide bonds. The van der Waals surface area contributed by atoms with E-state index in [-0.39, 0.29) is 11.9 Å². The molecule has 0 saturated heterocycles. The fourth-order valence-corrected chi connectivity index (χ4v) is 2.29. The van der Waals surface area contributed by atoms with Crippen LogP contribution in [0.1, 0.15) is 36.2 Å². The van der Waals surface area contributed by atoms with Gasteiger partial charge in [0.1, 0.15) is 5.75 Å². The third kappa shape index (κ3) is 5.08. The lowest BCUT2D eigenvalue weighted by Gasteiger charge is -2.18. The molecule has 0 saturated carbocycles. The van der Waals surface area contributed by atoms with Crippen molar-refractivity contribution < 1.29 is 19.1 Å². The first-order valence-corrected chi connectivity index (χ1v) is 8.35. The van der Waals surface area contributed by atoms with Gasteiger partial charge in [0.15, 0.2) is 6.10 Å². The highest BCUT2D eigenvalue weighted by molar-refractivity contribution is 5.95. The Morgan fingerprint density at radius 2 is 1.72 bits per heavy atom. The first kappa shape index (κ1) is 18.5. The molecule has 2 rings (SSSR count). The molecule has 0 aliphatic heterocycles. The van der Waals surface area contributed by atoms with Crippen molar-refractivity contribution >= 4 is 17.6 Å². The SMILES string of the molecule is CCOC(=O)c1ccc(NC(=O)[C@H](CC)Oc2ccccc2C)cc1. The Morgan fingerprint density at radius 1 is 1.04 bits per heavy atom. The van der Waals surface area contributed by atoms with Gasteiger partial charge in [-0.05, 0) is 56.2 Å². The van der Waals surface area contributed by atoms with Gasteiger partial charge in [0.2, 0.25) is 0 Å². The third-order valence-electron chi connectivity index (χ3n) is 3.69. The molecule has 132 valence electrons. The molecular formula is C20H23NO4. The molecule has 0 aromatic heterocycles. The largest absolute Gasteiger partial charge is 0.480 e. The van der Waals surface area contributed by atoms with E-state index in [0.717, 1.165) is 5.56 Å². The van der Waals surface area contributed by atoms with Crippen LogP contribution in [0.2, 0.25) is 0 Å². The lowest BCUT2D eigenvalue weighted by Crippen LogP contribution is -2.32. The first-order valence-electron chi connectivity index (χ1n) is 8.35. The number of esters is 1. The number of nitrogens with one attached hydrogen (secondary N) is 1. The molecular weight excluding hydrogens is 318 g/mol. The number of benzene rings is 2. The van der Waals surface area contributed by atoms with Gasteiger partial charge in [0.25, 0.3) is 5.91 Å². The summed E-state index contributed by atoms with van der Waals surface area (Å²) in [7, 11) is 0. The normalized spacial score (nSPS) is 11.5. The summed E-state index contributed by atoms with van der Waals surface area (Å²) in [6, 6.07) is 14.2. The Bertz CT molecular complexity index is 725. The Balaban J connectivity index is 2.02. The lowest BCUT2D eigenvalue weighted by molar-refractivity contribution is -0.122. The molecule has 0 unspecified atom stereocenters. The zero-order chi connectivity index (χ0) is 18.2. The van der Waals surface area contributed by atoms with Gasteiger partial charge in [0.05, 0.1) is 12.2 Å². The van der Waals surface area contributed by atoms with Crippen LogP contribution in [0.5, 0.6) is 5.75 Å². The molecule has 1 N–H and O–H groups in total. The Labute approximate surface area is 148 Å². The monoisotopic (exact) mass is 341 g/mol. The van der Waals surface area contributed by atoms with Gasteiger partial charge in [-0.1, -0.05) is 25.1 Å². The topological polar surface area (TPSA) is 64.6 Å². The predicted octanol–water partition coefficient (Wildman–Crippen LogP) is 3.97. The van der Waals surface area contributed by atoms with Crippen molar-refractivity contribution in [1.82, 2.24) is 0 Å². The lowest BCUT2D eigenvalue weighted by atomic mass is 10.2. The summed E-state index contributed by atoms with van der Waals surface area (Å²) in [5.74, 6) is 0.0893. The number of carbonyl (C=O) groups excluding carboxylic acids is 2. The van der Waals surface area contributed by atoms with E-state index in [1.165, 1.54) is 0 Å². The average Bonchev–Trinajstić information content (AvgIpc) is 2.61. The molecule has 0 aliphatic rings. The van der Waals surface area contributed by atoms with Crippen LogP contribution in [0.4, 0.5) is 5.69 Å². The minimum absolute atomic E-state index is 0.227. The Hall–Kier alpha value is -2.82. The zero-order valence-corrected chi connectivity index (χ0v) is 14.7. The van der Waals surface area contributed by atoms with Crippen molar-refractivity contribution in [3.05, 3.63) is 59.7 Å². The van der Waals surface area contributed by atoms with Gasteiger partial charge in [-0.3, -0.25) is 4.79 Å². The molecule has 0 bridgehead atoms. The Kier molecular flexibility index (Phi) is 6.57. The van der Waals surface area contributed by atoms with Crippen LogP contribution in [0, 0.1) is 6.92 Å². The van der Waals surface area contributed by atoms with Gasteiger partial charge >= 0.3 is 5.97 Å². The van der Waals surface area contributed by atoms with Gasteiger partial charge in [-0.2, -0.15) is 0 Å². The zero-order valence-electron chi connectivity index (χ0n) is 14.7. The minimum atomic E-state index is -0.592. The maximum atomic E-state index is 12.5. The summed E-state index contributed by atoms with van der Waals surface area (Å²) in [6.45, 7) is 5.91. The fraction of sp³-hybridized carbons (Fsp3) is 0.300. The van der Waals surface area contributed by atoms with Gasteiger partial charge in [-0.25, -0.2) is 4.79 Å². The standard InChI is InChI=1S/C20H23NO4/c1-4-17(25-18-9-7-6-8-14(18)3)19(22)21-16-12-10-15(11-13-16)20(23)24-5-2/h6-13,17H,4-5H2,1-3H3,(H,21,22)/t17-/m0/s1. The fourth-order valence-electron chi connectivity index (χ4n) is 2.29. The highest BCUT2D eigenvalue weighted by atomic mass is 16.5. The third-order valence-corrected chi connectivity index (χ3v) is 3.69. The van der Waals surface area contributed by atoms with Crippen LogP contribution in [-0.2, 0) is 9.53 Å². The number of ether oxygens (including phenoxy) is 2. The summed E-state index contributed by atoms with van der Waals surface area (Å²) >= 11 is 0. The van der Waals surface area contributed by atoms with Crippen molar-refractivity contribution in [3.8, 4) is 5.75 Å².